The van der Waals surface area contributed by atoms with Gasteiger partial charge >= 0.3 is 14.2 Å². The third kappa shape index (κ3) is 21.4. The summed E-state index contributed by atoms with van der Waals surface area (Å²) in [5.41, 5.74) is 26.3. The number of aryl methyl sites for hydroxylation is 1. The molecule has 22 rings (SSSR count). The van der Waals surface area contributed by atoms with Gasteiger partial charge in [0.2, 0.25) is 0 Å². The highest BCUT2D eigenvalue weighted by Gasteiger charge is 2.20. The maximum absolute atomic E-state index is 9.28. The van der Waals surface area contributed by atoms with Crippen LogP contribution in [0.1, 0.15) is 5.56 Å². The van der Waals surface area contributed by atoms with Crippen molar-refractivity contribution in [1.29, 1.82) is 0 Å². The molecule has 0 atom stereocenters. The number of rotatable bonds is 12. The largest absolute Gasteiger partial charge is 0.526 e. The summed E-state index contributed by atoms with van der Waals surface area (Å²) in [6.07, 6.45) is 9.40. The van der Waals surface area contributed by atoms with E-state index in [0.29, 0.717) is 10.9 Å². The zero-order valence-electron chi connectivity index (χ0n) is 71.3. The van der Waals surface area contributed by atoms with Gasteiger partial charge in [-0.25, -0.2) is 0 Å². The molecule has 0 amide bonds. The third-order valence-electron chi connectivity index (χ3n) is 23.1. The number of halogens is 3. The van der Waals surface area contributed by atoms with E-state index in [1.54, 1.807) is 36.4 Å². The molecule has 0 radical (unpaired) electrons. The van der Waals surface area contributed by atoms with Crippen LogP contribution < -0.4 is 5.46 Å². The van der Waals surface area contributed by atoms with Crippen molar-refractivity contribution in [2.45, 2.75) is 6.92 Å². The Labute approximate surface area is 785 Å². The first-order valence-corrected chi connectivity index (χ1v) is 45.6. The lowest BCUT2D eigenvalue weighted by atomic mass is 9.78. The summed E-state index contributed by atoms with van der Waals surface area (Å²) in [5, 5.41) is 51.4. The average molecular weight is 1870 g/mol. The van der Waals surface area contributed by atoms with E-state index >= 15 is 0 Å². The fourth-order valence-electron chi connectivity index (χ4n) is 16.7. The lowest BCUT2D eigenvalue weighted by Gasteiger charge is -2.13. The minimum absolute atomic E-state index is 0.400. The van der Waals surface area contributed by atoms with Crippen molar-refractivity contribution >= 4 is 132 Å². The molecule has 622 valence electrons. The fraction of sp³-hybridized carbons (Fsp3) is 0.00826. The first-order valence-electron chi connectivity index (χ1n) is 43.2. The van der Waals surface area contributed by atoms with Gasteiger partial charge in [0.1, 0.15) is 11.5 Å². The molecular formula is C121H88B2Br3O4+. The van der Waals surface area contributed by atoms with Gasteiger partial charge < -0.3 is 20.1 Å². The maximum atomic E-state index is 9.28. The smallest absolute Gasteiger partial charge is 0.423 e. The van der Waals surface area contributed by atoms with Crippen molar-refractivity contribution in [3.05, 3.63) is 522 Å². The number of fused-ring (bicyclic) bond motifs is 12. The number of hydrogen-bond donors (Lipinski definition) is 4. The number of hydrogen-bond acceptors (Lipinski definition) is 4. The molecule has 9 heteroatoms. The Kier molecular flexibility index (Phi) is 28.4. The third-order valence-corrected chi connectivity index (χ3v) is 24.6. The normalized spacial score (nSPS) is 11.2. The van der Waals surface area contributed by atoms with E-state index in [1.807, 2.05) is 78.9 Å². The van der Waals surface area contributed by atoms with Gasteiger partial charge in [0, 0.05) is 37.7 Å². The van der Waals surface area contributed by atoms with Crippen molar-refractivity contribution in [2.24, 2.45) is 0 Å². The standard InChI is InChI=1S/C42H28.C25H18.C18H15BO2.C18H13Br.C12H8Br2.C6H6BO2/c1-2-11-29(12-3-1)30-13-8-14-31(25-30)32-15-9-16-33(26-32)34-17-10-18-35(27-34)36-23-24-41-39-21-5-4-19-37(39)38-20-6-7-22-40(38)42(41)28-36;1-17-7-6-8-18(15-17)19-13-14-24-22-11-3-2-9-20(22)21-10-4-5-12-23(21)25(24)16-19;20-19(21)18-11-5-10-17(13-18)16-9-4-8-15(12-16)14-6-2-1-3-7-14;19-18-11-5-10-17(13-18)16-9-4-8-15(12-16)14-6-2-1-3-7-14;13-11-5-1-3-9(7-11)10-4-2-6-12(14)8-10;8-7(9)6-4-2-1-3-5-6/h1-28H;2-16H,1H3;1-13,20-21H;1-13H;1-8H;1-4,8-9H/q;;;;;+1. The van der Waals surface area contributed by atoms with Crippen LogP contribution in [0.25, 0.3) is 176 Å². The zero-order valence-corrected chi connectivity index (χ0v) is 76.1. The van der Waals surface area contributed by atoms with Crippen molar-refractivity contribution in [2.75, 3.05) is 0 Å². The molecule has 0 unspecified atom stereocenters. The van der Waals surface area contributed by atoms with Crippen LogP contribution in [0, 0.1) is 13.0 Å². The van der Waals surface area contributed by atoms with Crippen molar-refractivity contribution in [1.82, 2.24) is 0 Å². The summed E-state index contributed by atoms with van der Waals surface area (Å²) in [6, 6.07) is 165. The molecule has 0 heterocycles. The molecule has 1 aliphatic rings. The number of benzene rings is 21. The minimum atomic E-state index is -1.44. The maximum Gasteiger partial charge on any atom is 0.526 e. The van der Waals surface area contributed by atoms with Gasteiger partial charge in [-0.15, -0.1) is 0 Å². The Morgan fingerprint density at radius 3 is 0.685 bits per heavy atom. The monoisotopic (exact) mass is 1860 g/mol. The fourth-order valence-corrected chi connectivity index (χ4v) is 17.9. The van der Waals surface area contributed by atoms with Crippen molar-refractivity contribution in [3.63, 3.8) is 0 Å². The van der Waals surface area contributed by atoms with Crippen molar-refractivity contribution < 1.29 is 20.1 Å². The van der Waals surface area contributed by atoms with Crippen LogP contribution in [0.4, 0.5) is 0 Å². The van der Waals surface area contributed by atoms with E-state index in [1.165, 1.54) is 159 Å². The van der Waals surface area contributed by atoms with E-state index in [0.717, 1.165) is 35.7 Å². The molecule has 0 saturated carbocycles. The molecule has 21 aromatic rings. The highest BCUT2D eigenvalue weighted by atomic mass is 79.9. The predicted octanol–water partition coefficient (Wildman–Crippen LogP) is 32.2. The quantitative estimate of drug-likeness (QED) is 0.0558. The van der Waals surface area contributed by atoms with Gasteiger partial charge in [0.05, 0.1) is 0 Å². The Bertz CT molecular complexity index is 7570. The van der Waals surface area contributed by atoms with Crippen LogP contribution >= 0.6 is 47.8 Å². The predicted molar refractivity (Wildman–Crippen MR) is 564 cm³/mol. The molecule has 130 heavy (non-hydrogen) atoms. The minimum Gasteiger partial charge on any atom is -0.423 e. The lowest BCUT2D eigenvalue weighted by molar-refractivity contribution is 0.420. The Morgan fingerprint density at radius 2 is 0.415 bits per heavy atom. The van der Waals surface area contributed by atoms with E-state index in [4.69, 9.17) is 10.0 Å². The van der Waals surface area contributed by atoms with Gasteiger partial charge in [-0.05, 0) is 267 Å². The molecule has 0 spiro atoms. The second-order valence-corrected chi connectivity index (χ2v) is 34.5. The summed E-state index contributed by atoms with van der Waals surface area (Å²) < 4.78 is 3.32. The average Bonchev–Trinajstić information content (AvgIpc) is 0.745. The molecule has 4 nitrogen and oxygen atoms in total. The second-order valence-electron chi connectivity index (χ2n) is 31.8. The summed E-state index contributed by atoms with van der Waals surface area (Å²) in [7, 11) is -2.84. The molecule has 4 N–H and O–H groups in total. The zero-order chi connectivity index (χ0) is 89.1. The highest BCUT2D eigenvalue weighted by molar-refractivity contribution is 9.11. The van der Waals surface area contributed by atoms with Crippen molar-refractivity contribution in [3.8, 4) is 111 Å². The Morgan fingerprint density at radius 1 is 0.185 bits per heavy atom. The molecule has 21 aromatic carbocycles. The van der Waals surface area contributed by atoms with Gasteiger partial charge in [0.25, 0.3) is 0 Å². The molecule has 0 fully saturated rings. The molecule has 0 bridgehead atoms. The topological polar surface area (TPSA) is 80.9 Å². The first-order chi connectivity index (χ1) is 63.7. The van der Waals surface area contributed by atoms with Gasteiger partial charge in [-0.1, -0.05) is 442 Å². The van der Waals surface area contributed by atoms with Crippen LogP contribution in [0.3, 0.4) is 0 Å². The Hall–Kier alpha value is -14.3. The van der Waals surface area contributed by atoms with Gasteiger partial charge in [-0.3, -0.25) is 0 Å². The van der Waals surface area contributed by atoms with E-state index in [2.05, 4.69) is 437 Å². The Balaban J connectivity index is 0.000000117. The van der Waals surface area contributed by atoms with E-state index in [9.17, 15) is 10.0 Å². The summed E-state index contributed by atoms with van der Waals surface area (Å²) in [5.74, 6) is 0. The molecule has 0 aliphatic heterocycles. The van der Waals surface area contributed by atoms with Crippen LogP contribution in [0.5, 0.6) is 0 Å². The summed E-state index contributed by atoms with van der Waals surface area (Å²) in [6.45, 7) is 2.15. The van der Waals surface area contributed by atoms with Crippen LogP contribution in [-0.2, 0) is 0 Å². The SMILES string of the molecule is Brc1cccc(-c2cccc(-c3ccccc3)c2)c1.Brc1cccc(-c2cccc(Br)c2)c1.Cc1cccc(-c2ccc3c4ccccc4c4ccccc4c3c2)c1.OB(O)C1=CC=CC=[C+]1.OB(O)c1cccc(-c2cccc(-c3ccccc3)c2)c1.c1ccc(-c2cccc(-c3cccc(-c4cccc(-c5ccc6c7ccccc7c7ccccc7c6c5)c4)c3)c2)cc1. The molecule has 0 aromatic heterocycles. The van der Waals surface area contributed by atoms with Gasteiger partial charge in [-0.2, -0.15) is 0 Å². The summed E-state index contributed by atoms with van der Waals surface area (Å²) in [4.78, 5) is 0. The molecule has 1 aliphatic carbocycles. The van der Waals surface area contributed by atoms with E-state index in [-0.39, 0.29) is 0 Å². The molecular weight excluding hydrogens is 1780 g/mol. The van der Waals surface area contributed by atoms with E-state index < -0.39 is 14.2 Å². The van der Waals surface area contributed by atoms with Crippen LogP contribution in [0.2, 0.25) is 0 Å². The highest BCUT2D eigenvalue weighted by Crippen LogP contribution is 2.42. The number of allylic oxidation sites excluding steroid dienone is 6. The molecule has 0 saturated heterocycles. The lowest BCUT2D eigenvalue weighted by Crippen LogP contribution is -2.29. The van der Waals surface area contributed by atoms with Gasteiger partial charge in [0.15, 0.2) is 0 Å². The van der Waals surface area contributed by atoms with Crippen LogP contribution in [-0.4, -0.2) is 34.3 Å². The second kappa shape index (κ2) is 42.1. The summed E-state index contributed by atoms with van der Waals surface area (Å²) >= 11 is 10.5. The first kappa shape index (κ1) is 87.8. The van der Waals surface area contributed by atoms with Crippen LogP contribution in [0.15, 0.2) is 510 Å².